The summed E-state index contributed by atoms with van der Waals surface area (Å²) in [7, 11) is 0. The lowest BCUT2D eigenvalue weighted by atomic mass is 10.0. The summed E-state index contributed by atoms with van der Waals surface area (Å²) in [4.78, 5) is 13.1. The summed E-state index contributed by atoms with van der Waals surface area (Å²) in [5.74, 6) is -0.745. The molecule has 1 saturated heterocycles. The lowest BCUT2D eigenvalue weighted by molar-refractivity contribution is -0.143. The third-order valence-corrected chi connectivity index (χ3v) is 3.27. The predicted molar refractivity (Wildman–Crippen MR) is 61.3 cm³/mol. The summed E-state index contributed by atoms with van der Waals surface area (Å²) >= 11 is 0. The first-order valence-electron chi connectivity index (χ1n) is 5.75. The summed E-state index contributed by atoms with van der Waals surface area (Å²) in [6.07, 6.45) is -0.350. The molecule has 0 amide bonds. The fourth-order valence-electron chi connectivity index (χ4n) is 1.86. The van der Waals surface area contributed by atoms with Crippen LogP contribution < -0.4 is 5.32 Å². The Kier molecular flexibility index (Phi) is 4.29. The third-order valence-electron chi connectivity index (χ3n) is 3.27. The summed E-state index contributed by atoms with van der Waals surface area (Å²) in [6, 6.07) is 0. The smallest absolute Gasteiger partial charge is 0.323 e. The number of aliphatic hydroxyl groups excluding tert-OH is 1. The van der Waals surface area contributed by atoms with Gasteiger partial charge in [-0.15, -0.1) is 0 Å². The van der Waals surface area contributed by atoms with Crippen LogP contribution in [0.15, 0.2) is 0 Å². The number of nitrogens with zero attached hydrogens (tertiary/aromatic N) is 1. The van der Waals surface area contributed by atoms with Crippen molar-refractivity contribution in [1.29, 1.82) is 0 Å². The van der Waals surface area contributed by atoms with Crippen LogP contribution in [0.4, 0.5) is 0 Å². The first-order valence-corrected chi connectivity index (χ1v) is 5.75. The van der Waals surface area contributed by atoms with Gasteiger partial charge in [-0.2, -0.15) is 0 Å². The van der Waals surface area contributed by atoms with Gasteiger partial charge >= 0.3 is 5.97 Å². The van der Waals surface area contributed by atoms with Crippen LogP contribution in [0.1, 0.15) is 20.8 Å². The molecule has 0 aromatic rings. The second kappa shape index (κ2) is 5.12. The quantitative estimate of drug-likeness (QED) is 0.607. The van der Waals surface area contributed by atoms with Crippen LogP contribution in [0.2, 0.25) is 0 Å². The largest absolute Gasteiger partial charge is 0.480 e. The van der Waals surface area contributed by atoms with Crippen molar-refractivity contribution >= 4 is 5.97 Å². The third kappa shape index (κ3) is 3.17. The number of hydrogen-bond donors (Lipinski definition) is 3. The number of carboxylic acids is 1. The second-order valence-corrected chi connectivity index (χ2v) is 4.99. The van der Waals surface area contributed by atoms with Gasteiger partial charge in [-0.1, -0.05) is 6.92 Å². The number of hydrogen-bond acceptors (Lipinski definition) is 4. The molecule has 0 spiro atoms. The second-order valence-electron chi connectivity index (χ2n) is 4.99. The average molecular weight is 230 g/mol. The van der Waals surface area contributed by atoms with Crippen molar-refractivity contribution in [2.75, 3.05) is 26.2 Å². The first kappa shape index (κ1) is 13.4. The molecule has 94 valence electrons. The Morgan fingerprint density at radius 2 is 2.12 bits per heavy atom. The molecule has 0 aliphatic carbocycles. The van der Waals surface area contributed by atoms with E-state index in [-0.39, 0.29) is 12.0 Å². The molecule has 1 fully saturated rings. The molecular formula is C11H22N2O3. The Morgan fingerprint density at radius 3 is 2.56 bits per heavy atom. The molecule has 1 aliphatic rings. The highest BCUT2D eigenvalue weighted by atomic mass is 16.4. The molecule has 1 aliphatic heterocycles. The Balaban J connectivity index is 2.41. The zero-order valence-corrected chi connectivity index (χ0v) is 10.2. The van der Waals surface area contributed by atoms with E-state index in [1.807, 2.05) is 0 Å². The molecule has 5 heteroatoms. The highest BCUT2D eigenvalue weighted by Gasteiger charge is 2.33. The van der Waals surface area contributed by atoms with E-state index in [0.717, 1.165) is 13.1 Å². The molecule has 0 bridgehead atoms. The lowest BCUT2D eigenvalue weighted by Gasteiger charge is -2.24. The van der Waals surface area contributed by atoms with E-state index in [1.165, 1.54) is 0 Å². The minimum Gasteiger partial charge on any atom is -0.480 e. The van der Waals surface area contributed by atoms with Crippen molar-refractivity contribution in [3.8, 4) is 0 Å². The molecule has 1 rings (SSSR count). The van der Waals surface area contributed by atoms with Crippen molar-refractivity contribution < 1.29 is 15.0 Å². The predicted octanol–water partition coefficient (Wildman–Crippen LogP) is -0.248. The van der Waals surface area contributed by atoms with Crippen molar-refractivity contribution in [1.82, 2.24) is 10.2 Å². The van der Waals surface area contributed by atoms with Gasteiger partial charge in [0.25, 0.3) is 0 Å². The van der Waals surface area contributed by atoms with Crippen molar-refractivity contribution in [2.45, 2.75) is 32.4 Å². The van der Waals surface area contributed by atoms with Crippen LogP contribution in [0.25, 0.3) is 0 Å². The van der Waals surface area contributed by atoms with Gasteiger partial charge in [0.15, 0.2) is 0 Å². The number of carbonyl (C=O) groups is 1. The van der Waals surface area contributed by atoms with Gasteiger partial charge < -0.3 is 20.4 Å². The van der Waals surface area contributed by atoms with Gasteiger partial charge in [0, 0.05) is 25.6 Å². The summed E-state index contributed by atoms with van der Waals surface area (Å²) in [5, 5.41) is 21.7. The molecule has 3 N–H and O–H groups in total. The lowest BCUT2D eigenvalue weighted by Crippen LogP contribution is -2.49. The fraction of sp³-hybridized carbons (Fsp3) is 0.909. The summed E-state index contributed by atoms with van der Waals surface area (Å²) in [5.41, 5.74) is -0.931. The Labute approximate surface area is 96.4 Å². The Morgan fingerprint density at radius 1 is 1.50 bits per heavy atom. The number of aliphatic hydroxyl groups is 1. The number of aliphatic carboxylic acids is 1. The normalized spacial score (nSPS) is 27.2. The zero-order chi connectivity index (χ0) is 12.3. The molecule has 16 heavy (non-hydrogen) atoms. The molecule has 2 atom stereocenters. The highest BCUT2D eigenvalue weighted by molar-refractivity contribution is 5.77. The number of rotatable bonds is 5. The van der Waals surface area contributed by atoms with Gasteiger partial charge in [0.05, 0.1) is 6.10 Å². The minimum absolute atomic E-state index is 0.124. The van der Waals surface area contributed by atoms with Crippen LogP contribution in [0, 0.1) is 5.92 Å². The van der Waals surface area contributed by atoms with Gasteiger partial charge in [0.2, 0.25) is 0 Å². The van der Waals surface area contributed by atoms with Crippen LogP contribution in [0.5, 0.6) is 0 Å². The molecular weight excluding hydrogens is 208 g/mol. The number of likely N-dealkylation sites (tertiary alicyclic amines) is 1. The molecule has 0 radical (unpaired) electrons. The Hall–Kier alpha value is -0.650. The van der Waals surface area contributed by atoms with E-state index in [1.54, 1.807) is 13.8 Å². The van der Waals surface area contributed by atoms with Gasteiger partial charge in [-0.3, -0.25) is 4.79 Å². The van der Waals surface area contributed by atoms with Gasteiger partial charge in [-0.25, -0.2) is 0 Å². The van der Waals surface area contributed by atoms with Gasteiger partial charge in [0.1, 0.15) is 5.54 Å². The number of nitrogens with one attached hydrogen (secondary N) is 1. The summed E-state index contributed by atoms with van der Waals surface area (Å²) in [6.45, 7) is 8.32. The van der Waals surface area contributed by atoms with Crippen LogP contribution in [0.3, 0.4) is 0 Å². The fourth-order valence-corrected chi connectivity index (χ4v) is 1.86. The van der Waals surface area contributed by atoms with Crippen molar-refractivity contribution in [3.63, 3.8) is 0 Å². The van der Waals surface area contributed by atoms with Crippen molar-refractivity contribution in [2.24, 2.45) is 5.92 Å². The number of likely N-dealkylation sites (N-methyl/N-ethyl adjacent to an activating group) is 1. The highest BCUT2D eigenvalue weighted by Crippen LogP contribution is 2.16. The van der Waals surface area contributed by atoms with E-state index in [0.29, 0.717) is 13.1 Å². The van der Waals surface area contributed by atoms with Crippen LogP contribution in [-0.4, -0.2) is 58.9 Å². The maximum atomic E-state index is 10.9. The monoisotopic (exact) mass is 230 g/mol. The van der Waals surface area contributed by atoms with E-state index in [9.17, 15) is 9.90 Å². The van der Waals surface area contributed by atoms with E-state index < -0.39 is 11.5 Å². The first-order chi connectivity index (χ1) is 7.36. The van der Waals surface area contributed by atoms with Crippen LogP contribution >= 0.6 is 0 Å². The maximum Gasteiger partial charge on any atom is 0.323 e. The summed E-state index contributed by atoms with van der Waals surface area (Å²) < 4.78 is 0. The number of carboxylic acid groups (broad SMARTS) is 1. The van der Waals surface area contributed by atoms with E-state index >= 15 is 0 Å². The average Bonchev–Trinajstić information content (AvgIpc) is 2.56. The SMILES string of the molecule is CCN1CC(O)C(CNC(C)(C)C(=O)O)C1. The van der Waals surface area contributed by atoms with E-state index in [2.05, 4.69) is 17.1 Å². The van der Waals surface area contributed by atoms with Gasteiger partial charge in [-0.05, 0) is 20.4 Å². The number of β-amino-alcohol motifs (C(OH)–C–C–N with tert-alkyl or cyclic N) is 1. The molecule has 0 aromatic carbocycles. The van der Waals surface area contributed by atoms with Crippen molar-refractivity contribution in [3.05, 3.63) is 0 Å². The van der Waals surface area contributed by atoms with Crippen LogP contribution in [-0.2, 0) is 4.79 Å². The minimum atomic E-state index is -0.931. The van der Waals surface area contributed by atoms with E-state index in [4.69, 9.17) is 5.11 Å². The Bertz CT molecular complexity index is 256. The maximum absolute atomic E-state index is 10.9. The molecule has 0 saturated carbocycles. The molecule has 2 unspecified atom stereocenters. The molecule has 1 heterocycles. The molecule has 5 nitrogen and oxygen atoms in total. The zero-order valence-electron chi connectivity index (χ0n) is 10.2. The standard InChI is InChI=1S/C11H22N2O3/c1-4-13-6-8(9(14)7-13)5-12-11(2,3)10(15)16/h8-9,12,14H,4-7H2,1-3H3,(H,15,16). The molecule has 0 aromatic heterocycles. The topological polar surface area (TPSA) is 72.8 Å².